The molecule has 66 valence electrons. The van der Waals surface area contributed by atoms with Crippen molar-refractivity contribution in [2.45, 2.75) is 20.3 Å². The third-order valence-corrected chi connectivity index (χ3v) is 2.52. The Morgan fingerprint density at radius 2 is 2.15 bits per heavy atom. The summed E-state index contributed by atoms with van der Waals surface area (Å²) in [5.41, 5.74) is 5.70. The molecule has 13 heavy (non-hydrogen) atoms. The highest BCUT2D eigenvalue weighted by Crippen LogP contribution is 2.27. The van der Waals surface area contributed by atoms with Crippen molar-refractivity contribution in [1.82, 2.24) is 0 Å². The summed E-state index contributed by atoms with van der Waals surface area (Å²) in [5, 5.41) is 0. The largest absolute Gasteiger partial charge is 0.0874 e. The summed E-state index contributed by atoms with van der Waals surface area (Å²) in [7, 11) is 0. The number of hydrogen-bond acceptors (Lipinski definition) is 0. The molecule has 0 atom stereocenters. The summed E-state index contributed by atoms with van der Waals surface area (Å²) in [6.45, 7) is 4.24. The van der Waals surface area contributed by atoms with E-state index in [2.05, 4.69) is 50.3 Å². The van der Waals surface area contributed by atoms with Crippen molar-refractivity contribution in [3.8, 4) is 0 Å². The summed E-state index contributed by atoms with van der Waals surface area (Å²) < 4.78 is 0. The zero-order chi connectivity index (χ0) is 9.26. The minimum Gasteiger partial charge on any atom is -0.0874 e. The van der Waals surface area contributed by atoms with Gasteiger partial charge < -0.3 is 0 Å². The van der Waals surface area contributed by atoms with E-state index >= 15 is 0 Å². The molecule has 0 spiro atoms. The highest BCUT2D eigenvalue weighted by atomic mass is 14.2. The number of allylic oxidation sites excluding steroid dienone is 3. The van der Waals surface area contributed by atoms with Crippen LogP contribution in [0.5, 0.6) is 0 Å². The molecule has 0 amide bonds. The molecule has 0 bridgehead atoms. The van der Waals surface area contributed by atoms with E-state index < -0.39 is 0 Å². The molecular formula is C13H14. The highest BCUT2D eigenvalue weighted by molar-refractivity contribution is 5.68. The quantitative estimate of drug-likeness (QED) is 0.605. The third-order valence-electron chi connectivity index (χ3n) is 2.52. The zero-order valence-corrected chi connectivity index (χ0v) is 8.17. The monoisotopic (exact) mass is 170 g/mol. The van der Waals surface area contributed by atoms with Crippen LogP contribution in [0, 0.1) is 6.92 Å². The Kier molecular flexibility index (Phi) is 2.05. The third kappa shape index (κ3) is 1.44. The molecule has 0 saturated heterocycles. The summed E-state index contributed by atoms with van der Waals surface area (Å²) in [4.78, 5) is 0. The maximum absolute atomic E-state index is 2.30. The Morgan fingerprint density at radius 3 is 2.85 bits per heavy atom. The van der Waals surface area contributed by atoms with E-state index in [9.17, 15) is 0 Å². The number of benzene rings is 1. The van der Waals surface area contributed by atoms with E-state index in [0.717, 1.165) is 6.42 Å². The minimum absolute atomic E-state index is 1.10. The van der Waals surface area contributed by atoms with Crippen LogP contribution in [0.15, 0.2) is 35.9 Å². The first-order chi connectivity index (χ1) is 6.31. The van der Waals surface area contributed by atoms with Crippen LogP contribution in [0.4, 0.5) is 0 Å². The van der Waals surface area contributed by atoms with E-state index in [0.29, 0.717) is 0 Å². The lowest BCUT2D eigenvalue weighted by molar-refractivity contribution is 1.23. The number of hydrogen-bond donors (Lipinski definition) is 0. The molecule has 0 nitrogen and oxygen atoms in total. The average molecular weight is 170 g/mol. The average Bonchev–Trinajstić information content (AvgIpc) is 2.49. The van der Waals surface area contributed by atoms with Crippen molar-refractivity contribution in [2.75, 3.05) is 0 Å². The SMILES string of the molecule is CC=CC1=Cc2c(C)cccc2C1. The summed E-state index contributed by atoms with van der Waals surface area (Å²) in [6.07, 6.45) is 7.69. The molecule has 0 aliphatic heterocycles. The van der Waals surface area contributed by atoms with Crippen LogP contribution in [-0.2, 0) is 6.42 Å². The van der Waals surface area contributed by atoms with Gasteiger partial charge in [-0.1, -0.05) is 36.4 Å². The van der Waals surface area contributed by atoms with Gasteiger partial charge in [-0.05, 0) is 42.5 Å². The fourth-order valence-electron chi connectivity index (χ4n) is 1.88. The van der Waals surface area contributed by atoms with Gasteiger partial charge in [0.1, 0.15) is 0 Å². The molecule has 2 rings (SSSR count). The molecule has 1 aromatic rings. The van der Waals surface area contributed by atoms with Crippen molar-refractivity contribution in [1.29, 1.82) is 0 Å². The van der Waals surface area contributed by atoms with Gasteiger partial charge in [0.15, 0.2) is 0 Å². The van der Waals surface area contributed by atoms with E-state index in [1.54, 1.807) is 0 Å². The molecule has 0 N–H and O–H groups in total. The number of fused-ring (bicyclic) bond motifs is 1. The number of rotatable bonds is 1. The fourth-order valence-corrected chi connectivity index (χ4v) is 1.88. The summed E-state index contributed by atoms with van der Waals surface area (Å²) in [5.74, 6) is 0. The first kappa shape index (κ1) is 8.31. The van der Waals surface area contributed by atoms with E-state index in [-0.39, 0.29) is 0 Å². The second-order valence-electron chi connectivity index (χ2n) is 3.54. The van der Waals surface area contributed by atoms with Crippen molar-refractivity contribution >= 4 is 6.08 Å². The smallest absolute Gasteiger partial charge is 0.00196 e. The second kappa shape index (κ2) is 3.21. The van der Waals surface area contributed by atoms with Gasteiger partial charge in [-0.15, -0.1) is 0 Å². The number of aryl methyl sites for hydroxylation is 1. The molecule has 0 radical (unpaired) electrons. The lowest BCUT2D eigenvalue weighted by atomic mass is 10.1. The van der Waals surface area contributed by atoms with E-state index in [4.69, 9.17) is 0 Å². The first-order valence-electron chi connectivity index (χ1n) is 4.73. The molecule has 0 fully saturated rings. The van der Waals surface area contributed by atoms with Gasteiger partial charge in [0.2, 0.25) is 0 Å². The highest BCUT2D eigenvalue weighted by Gasteiger charge is 2.11. The van der Waals surface area contributed by atoms with Crippen molar-refractivity contribution < 1.29 is 0 Å². The van der Waals surface area contributed by atoms with Crippen LogP contribution >= 0.6 is 0 Å². The van der Waals surface area contributed by atoms with Crippen LogP contribution in [0.1, 0.15) is 23.6 Å². The molecule has 1 aliphatic carbocycles. The summed E-state index contributed by atoms with van der Waals surface area (Å²) >= 11 is 0. The van der Waals surface area contributed by atoms with Gasteiger partial charge in [0.25, 0.3) is 0 Å². The van der Waals surface area contributed by atoms with Crippen molar-refractivity contribution in [3.05, 3.63) is 52.6 Å². The maximum atomic E-state index is 2.30. The maximum Gasteiger partial charge on any atom is -0.00196 e. The lowest BCUT2D eigenvalue weighted by Gasteiger charge is -2.00. The Hall–Kier alpha value is -1.30. The van der Waals surface area contributed by atoms with Crippen LogP contribution in [0.25, 0.3) is 6.08 Å². The minimum atomic E-state index is 1.10. The molecule has 0 aromatic heterocycles. The molecule has 0 unspecified atom stereocenters. The van der Waals surface area contributed by atoms with Crippen LogP contribution in [0.2, 0.25) is 0 Å². The molecule has 1 aliphatic rings. The van der Waals surface area contributed by atoms with Crippen LogP contribution < -0.4 is 0 Å². The Balaban J connectivity index is 2.43. The molecule has 0 heterocycles. The van der Waals surface area contributed by atoms with Gasteiger partial charge in [0, 0.05) is 0 Å². The zero-order valence-electron chi connectivity index (χ0n) is 8.17. The topological polar surface area (TPSA) is 0 Å². The van der Waals surface area contributed by atoms with Gasteiger partial charge in [0.05, 0.1) is 0 Å². The predicted molar refractivity (Wildman–Crippen MR) is 57.7 cm³/mol. The first-order valence-corrected chi connectivity index (χ1v) is 4.73. The molecule has 1 aromatic carbocycles. The van der Waals surface area contributed by atoms with Gasteiger partial charge in [-0.2, -0.15) is 0 Å². The van der Waals surface area contributed by atoms with Gasteiger partial charge in [-0.3, -0.25) is 0 Å². The predicted octanol–water partition coefficient (Wildman–Crippen LogP) is 3.51. The molecular weight excluding hydrogens is 156 g/mol. The normalized spacial score (nSPS) is 14.8. The lowest BCUT2D eigenvalue weighted by Crippen LogP contribution is -1.84. The van der Waals surface area contributed by atoms with E-state index in [1.165, 1.54) is 22.3 Å². The summed E-state index contributed by atoms with van der Waals surface area (Å²) in [6, 6.07) is 6.53. The van der Waals surface area contributed by atoms with Crippen molar-refractivity contribution in [2.24, 2.45) is 0 Å². The Bertz CT molecular complexity index is 381. The van der Waals surface area contributed by atoms with Gasteiger partial charge in [-0.25, -0.2) is 0 Å². The fraction of sp³-hybridized carbons (Fsp3) is 0.231. The molecule has 0 saturated carbocycles. The van der Waals surface area contributed by atoms with E-state index in [1.807, 2.05) is 0 Å². The van der Waals surface area contributed by atoms with Crippen molar-refractivity contribution in [3.63, 3.8) is 0 Å². The second-order valence-corrected chi connectivity index (χ2v) is 3.54. The van der Waals surface area contributed by atoms with Crippen LogP contribution in [0.3, 0.4) is 0 Å². The standard InChI is InChI=1S/C13H14/c1-3-5-11-8-12-7-4-6-10(2)13(12)9-11/h3-7,9H,8H2,1-2H3. The molecule has 0 heteroatoms. The van der Waals surface area contributed by atoms with Crippen LogP contribution in [-0.4, -0.2) is 0 Å². The Labute approximate surface area is 79.6 Å². The Morgan fingerprint density at radius 1 is 1.31 bits per heavy atom. The van der Waals surface area contributed by atoms with Gasteiger partial charge >= 0.3 is 0 Å².